The lowest BCUT2D eigenvalue weighted by atomic mass is 9.88. The molecule has 2 unspecified atom stereocenters. The molecule has 1 heterocycles. The number of rotatable bonds is 6. The van der Waals surface area contributed by atoms with Gasteiger partial charge in [0.1, 0.15) is 0 Å². The molecule has 0 aromatic heterocycles. The average Bonchev–Trinajstić information content (AvgIpc) is 2.38. The van der Waals surface area contributed by atoms with Crippen molar-refractivity contribution in [3.63, 3.8) is 0 Å². The Morgan fingerprint density at radius 2 is 2.12 bits per heavy atom. The van der Waals surface area contributed by atoms with E-state index in [2.05, 4.69) is 13.8 Å². The van der Waals surface area contributed by atoms with E-state index in [-0.39, 0.29) is 0 Å². The van der Waals surface area contributed by atoms with Crippen molar-refractivity contribution < 1.29 is 4.79 Å². The monoisotopic (exact) mass is 240 g/mol. The number of carbonyl (C=O) groups is 1. The minimum Gasteiger partial charge on any atom is -0.338 e. The Balaban J connectivity index is 2.43. The van der Waals surface area contributed by atoms with Gasteiger partial charge in [-0.3, -0.25) is 4.79 Å². The van der Waals surface area contributed by atoms with Gasteiger partial charge >= 0.3 is 0 Å². The number of likely N-dealkylation sites (tertiary alicyclic amines) is 1. The molecule has 100 valence electrons. The smallest absolute Gasteiger partial charge is 0.222 e. The van der Waals surface area contributed by atoms with E-state index in [9.17, 15) is 4.79 Å². The van der Waals surface area contributed by atoms with Crippen molar-refractivity contribution in [1.82, 2.24) is 4.90 Å². The largest absolute Gasteiger partial charge is 0.338 e. The molecule has 0 saturated carbocycles. The van der Waals surface area contributed by atoms with Gasteiger partial charge in [0.2, 0.25) is 5.91 Å². The van der Waals surface area contributed by atoms with Crippen LogP contribution in [0.3, 0.4) is 0 Å². The Morgan fingerprint density at radius 3 is 2.71 bits per heavy atom. The molecule has 1 fully saturated rings. The maximum Gasteiger partial charge on any atom is 0.222 e. The molecule has 0 aromatic carbocycles. The molecule has 1 rings (SSSR count). The molecule has 0 spiro atoms. The quantitative estimate of drug-likeness (QED) is 0.725. The summed E-state index contributed by atoms with van der Waals surface area (Å²) in [5.41, 5.74) is 5.81. The third-order valence-electron chi connectivity index (χ3n) is 3.99. The number of piperidine rings is 1. The lowest BCUT2D eigenvalue weighted by Gasteiger charge is -2.39. The van der Waals surface area contributed by atoms with E-state index in [0.29, 0.717) is 24.9 Å². The predicted octanol–water partition coefficient (Wildman–Crippen LogP) is 2.54. The van der Waals surface area contributed by atoms with Crippen molar-refractivity contribution in [2.45, 2.75) is 64.8 Å². The molecule has 2 atom stereocenters. The van der Waals surface area contributed by atoms with Gasteiger partial charge in [0.05, 0.1) is 0 Å². The van der Waals surface area contributed by atoms with Gasteiger partial charge in [-0.25, -0.2) is 0 Å². The Bertz CT molecular complexity index is 230. The van der Waals surface area contributed by atoms with Gasteiger partial charge in [-0.15, -0.1) is 0 Å². The van der Waals surface area contributed by atoms with E-state index in [1.54, 1.807) is 0 Å². The van der Waals surface area contributed by atoms with Gasteiger partial charge in [-0.1, -0.05) is 33.1 Å². The van der Waals surface area contributed by atoms with Crippen LogP contribution in [0.15, 0.2) is 0 Å². The average molecular weight is 240 g/mol. The van der Waals surface area contributed by atoms with Crippen LogP contribution in [0.1, 0.15) is 58.8 Å². The van der Waals surface area contributed by atoms with Gasteiger partial charge in [0, 0.05) is 25.6 Å². The lowest BCUT2D eigenvalue weighted by Crippen LogP contribution is -2.49. The fourth-order valence-corrected chi connectivity index (χ4v) is 2.73. The van der Waals surface area contributed by atoms with Crippen molar-refractivity contribution >= 4 is 5.91 Å². The summed E-state index contributed by atoms with van der Waals surface area (Å²) in [6.45, 7) is 5.94. The summed E-state index contributed by atoms with van der Waals surface area (Å²) in [6, 6.07) is 0.294. The minimum absolute atomic E-state index is 0.294. The van der Waals surface area contributed by atoms with Crippen molar-refractivity contribution in [2.75, 3.05) is 13.1 Å². The zero-order valence-corrected chi connectivity index (χ0v) is 11.5. The first-order valence-electron chi connectivity index (χ1n) is 7.22. The van der Waals surface area contributed by atoms with Crippen LogP contribution in [0.25, 0.3) is 0 Å². The summed E-state index contributed by atoms with van der Waals surface area (Å²) < 4.78 is 0. The second-order valence-electron chi connectivity index (χ2n) is 5.23. The number of carbonyl (C=O) groups excluding carboxylic acids is 1. The molecular weight excluding hydrogens is 212 g/mol. The second kappa shape index (κ2) is 7.70. The molecule has 1 aliphatic rings. The summed E-state index contributed by atoms with van der Waals surface area (Å²) in [5, 5.41) is 0. The zero-order chi connectivity index (χ0) is 12.7. The van der Waals surface area contributed by atoms with Gasteiger partial charge in [0.15, 0.2) is 0 Å². The van der Waals surface area contributed by atoms with E-state index >= 15 is 0 Å². The molecule has 1 aliphatic heterocycles. The Kier molecular flexibility index (Phi) is 6.56. The highest BCUT2D eigenvalue weighted by atomic mass is 16.2. The van der Waals surface area contributed by atoms with Gasteiger partial charge in [0.25, 0.3) is 0 Å². The molecule has 0 aromatic rings. The molecule has 0 aliphatic carbocycles. The number of hydrogen-bond donors (Lipinski definition) is 1. The maximum atomic E-state index is 12.1. The van der Waals surface area contributed by atoms with Crippen LogP contribution in [-0.4, -0.2) is 29.9 Å². The van der Waals surface area contributed by atoms with Crippen molar-refractivity contribution in [3.05, 3.63) is 0 Å². The summed E-state index contributed by atoms with van der Waals surface area (Å²) in [7, 11) is 0. The van der Waals surface area contributed by atoms with Crippen molar-refractivity contribution in [1.29, 1.82) is 0 Å². The normalized spacial score (nSPS) is 25.0. The lowest BCUT2D eigenvalue weighted by molar-refractivity contribution is -0.135. The molecule has 17 heavy (non-hydrogen) atoms. The standard InChI is InChI=1S/C14H28N2O/c1-3-5-6-7-14(17)16-9-8-12(4-2)10-13(16)11-15/h12-13H,3-11,15H2,1-2H3. The fourth-order valence-electron chi connectivity index (χ4n) is 2.73. The molecule has 1 saturated heterocycles. The van der Waals surface area contributed by atoms with E-state index in [0.717, 1.165) is 38.1 Å². The first-order valence-corrected chi connectivity index (χ1v) is 7.22. The highest BCUT2D eigenvalue weighted by Crippen LogP contribution is 2.25. The Hall–Kier alpha value is -0.570. The molecule has 2 N–H and O–H groups in total. The zero-order valence-electron chi connectivity index (χ0n) is 11.5. The molecule has 0 radical (unpaired) electrons. The highest BCUT2D eigenvalue weighted by molar-refractivity contribution is 5.76. The second-order valence-corrected chi connectivity index (χ2v) is 5.23. The fraction of sp³-hybridized carbons (Fsp3) is 0.929. The van der Waals surface area contributed by atoms with E-state index in [1.165, 1.54) is 12.8 Å². The summed E-state index contributed by atoms with van der Waals surface area (Å²) in [5.74, 6) is 1.09. The summed E-state index contributed by atoms with van der Waals surface area (Å²) in [6.07, 6.45) is 7.55. The molecule has 0 bridgehead atoms. The SMILES string of the molecule is CCCCCC(=O)N1CCC(CC)CC1CN. The number of nitrogens with two attached hydrogens (primary N) is 1. The van der Waals surface area contributed by atoms with Crippen LogP contribution < -0.4 is 5.73 Å². The molecular formula is C14H28N2O. The van der Waals surface area contributed by atoms with Crippen molar-refractivity contribution in [3.8, 4) is 0 Å². The van der Waals surface area contributed by atoms with Crippen LogP contribution in [0.2, 0.25) is 0 Å². The highest BCUT2D eigenvalue weighted by Gasteiger charge is 2.29. The topological polar surface area (TPSA) is 46.3 Å². The number of unbranched alkanes of at least 4 members (excludes halogenated alkanes) is 2. The predicted molar refractivity (Wildman–Crippen MR) is 71.7 cm³/mol. The maximum absolute atomic E-state index is 12.1. The van der Waals surface area contributed by atoms with E-state index in [4.69, 9.17) is 5.73 Å². The molecule has 3 nitrogen and oxygen atoms in total. The third kappa shape index (κ3) is 4.30. The Morgan fingerprint density at radius 1 is 1.35 bits per heavy atom. The van der Waals surface area contributed by atoms with Gasteiger partial charge in [-0.05, 0) is 25.2 Å². The first-order chi connectivity index (χ1) is 8.22. The van der Waals surface area contributed by atoms with Crippen LogP contribution in [-0.2, 0) is 4.79 Å². The minimum atomic E-state index is 0.294. The first kappa shape index (κ1) is 14.5. The number of hydrogen-bond acceptors (Lipinski definition) is 2. The third-order valence-corrected chi connectivity index (χ3v) is 3.99. The van der Waals surface area contributed by atoms with Crippen LogP contribution in [0, 0.1) is 5.92 Å². The summed E-state index contributed by atoms with van der Waals surface area (Å²) >= 11 is 0. The Labute approximate surface area is 106 Å². The number of nitrogens with zero attached hydrogens (tertiary/aromatic N) is 1. The van der Waals surface area contributed by atoms with E-state index < -0.39 is 0 Å². The van der Waals surface area contributed by atoms with Crippen LogP contribution in [0.5, 0.6) is 0 Å². The number of amides is 1. The van der Waals surface area contributed by atoms with Crippen LogP contribution >= 0.6 is 0 Å². The van der Waals surface area contributed by atoms with Crippen molar-refractivity contribution in [2.24, 2.45) is 11.7 Å². The summed E-state index contributed by atoms with van der Waals surface area (Å²) in [4.78, 5) is 14.2. The molecule has 3 heteroatoms. The van der Waals surface area contributed by atoms with Gasteiger partial charge < -0.3 is 10.6 Å². The van der Waals surface area contributed by atoms with E-state index in [1.807, 2.05) is 4.90 Å². The molecule has 1 amide bonds. The van der Waals surface area contributed by atoms with Gasteiger partial charge in [-0.2, -0.15) is 0 Å². The van der Waals surface area contributed by atoms with Crippen LogP contribution in [0.4, 0.5) is 0 Å².